The van der Waals surface area contributed by atoms with E-state index in [0.29, 0.717) is 17.0 Å². The van der Waals surface area contributed by atoms with E-state index < -0.39 is 21.6 Å². The molecule has 0 spiro atoms. The number of rotatable bonds is 11. The van der Waals surface area contributed by atoms with E-state index in [-0.39, 0.29) is 42.7 Å². The Morgan fingerprint density at radius 1 is 1.08 bits per heavy atom. The summed E-state index contributed by atoms with van der Waals surface area (Å²) in [4.78, 5) is 19.0. The average molecular weight is 512 g/mol. The molecule has 2 aromatic heterocycles. The third kappa shape index (κ3) is 6.07. The molecule has 0 N–H and O–H groups in total. The molecule has 0 saturated carbocycles. The lowest BCUT2D eigenvalue weighted by Crippen LogP contribution is -2.31. The summed E-state index contributed by atoms with van der Waals surface area (Å²) in [7, 11) is -2.27. The normalized spacial score (nSPS) is 11.5. The first-order valence-electron chi connectivity index (χ1n) is 11.2. The third-order valence-corrected chi connectivity index (χ3v) is 7.13. The molecule has 36 heavy (non-hydrogen) atoms. The van der Waals surface area contributed by atoms with Crippen LogP contribution in [0.15, 0.2) is 88.8 Å². The Kier molecular flexibility index (Phi) is 7.97. The number of nitrogens with zero attached hydrogens (tertiary/aromatic N) is 3. The predicted octanol–water partition coefficient (Wildman–Crippen LogP) is 4.08. The van der Waals surface area contributed by atoms with Crippen LogP contribution in [0.4, 0.5) is 4.39 Å². The lowest BCUT2D eigenvalue weighted by atomic mass is 10.2. The molecule has 0 bridgehead atoms. The zero-order chi connectivity index (χ0) is 25.5. The summed E-state index contributed by atoms with van der Waals surface area (Å²) in [6.07, 6.45) is 2.94. The van der Waals surface area contributed by atoms with E-state index in [2.05, 4.69) is 4.98 Å². The molecule has 4 aromatic rings. The molecule has 1 amide bonds. The van der Waals surface area contributed by atoms with Crippen molar-refractivity contribution in [2.75, 3.05) is 13.7 Å². The van der Waals surface area contributed by atoms with Gasteiger partial charge in [-0.2, -0.15) is 0 Å². The van der Waals surface area contributed by atoms with Crippen LogP contribution in [0.2, 0.25) is 0 Å². The molecule has 2 heterocycles. The largest absolute Gasteiger partial charge is 0.467 e. The first-order valence-corrected chi connectivity index (χ1v) is 12.9. The number of furan rings is 1. The summed E-state index contributed by atoms with van der Waals surface area (Å²) in [5, 5.41) is -0.102. The maximum atomic E-state index is 13.8. The van der Waals surface area contributed by atoms with Gasteiger partial charge in [0.25, 0.3) is 5.91 Å². The quantitative estimate of drug-likeness (QED) is 0.301. The van der Waals surface area contributed by atoms with Crippen molar-refractivity contribution in [3.8, 4) is 0 Å². The molecule has 0 aliphatic heterocycles. The zero-order valence-corrected chi connectivity index (χ0v) is 20.5. The molecule has 0 aliphatic carbocycles. The minimum Gasteiger partial charge on any atom is -0.467 e. The summed E-state index contributed by atoms with van der Waals surface area (Å²) in [6.45, 7) is 0.586. The number of sulfone groups is 1. The number of ether oxygens (including phenoxy) is 1. The number of carbonyl (C=O) groups excluding carboxylic acids is 1. The van der Waals surface area contributed by atoms with Crippen LogP contribution in [0.25, 0.3) is 0 Å². The van der Waals surface area contributed by atoms with Crippen molar-refractivity contribution in [3.05, 3.63) is 108 Å². The van der Waals surface area contributed by atoms with Crippen LogP contribution in [0.1, 0.15) is 27.4 Å². The predicted molar refractivity (Wildman–Crippen MR) is 130 cm³/mol. The molecule has 2 aromatic carbocycles. The first kappa shape index (κ1) is 25.3. The highest BCUT2D eigenvalue weighted by atomic mass is 32.2. The number of imidazole rings is 1. The summed E-state index contributed by atoms with van der Waals surface area (Å²) >= 11 is 0. The van der Waals surface area contributed by atoms with Gasteiger partial charge in [-0.3, -0.25) is 4.79 Å². The highest BCUT2D eigenvalue weighted by molar-refractivity contribution is 7.90. The van der Waals surface area contributed by atoms with E-state index in [4.69, 9.17) is 9.15 Å². The van der Waals surface area contributed by atoms with Gasteiger partial charge in [-0.25, -0.2) is 17.8 Å². The SMILES string of the molecule is COCCn1c(CN(Cc2ccco2)C(=O)c2cccc(F)c2)cnc1S(=O)(=O)Cc1ccccc1. The molecule has 8 nitrogen and oxygen atoms in total. The number of methoxy groups -OCH3 is 1. The van der Waals surface area contributed by atoms with E-state index in [1.54, 1.807) is 41.0 Å². The number of aromatic nitrogens is 2. The molecule has 0 atom stereocenters. The Hall–Kier alpha value is -3.76. The van der Waals surface area contributed by atoms with Gasteiger partial charge in [-0.05, 0) is 35.9 Å². The van der Waals surface area contributed by atoms with Crippen molar-refractivity contribution in [3.63, 3.8) is 0 Å². The lowest BCUT2D eigenvalue weighted by molar-refractivity contribution is 0.0711. The van der Waals surface area contributed by atoms with Crippen LogP contribution in [-0.4, -0.2) is 42.5 Å². The molecule has 0 unspecified atom stereocenters. The fourth-order valence-corrected chi connectivity index (χ4v) is 5.35. The Labute approximate surface area is 208 Å². The van der Waals surface area contributed by atoms with Crippen LogP contribution in [0.3, 0.4) is 0 Å². The number of halogens is 1. The van der Waals surface area contributed by atoms with Gasteiger partial charge in [0.2, 0.25) is 15.0 Å². The van der Waals surface area contributed by atoms with Crippen molar-refractivity contribution in [2.24, 2.45) is 0 Å². The minimum absolute atomic E-state index is 0.0214. The minimum atomic E-state index is -3.79. The van der Waals surface area contributed by atoms with Crippen molar-refractivity contribution in [2.45, 2.75) is 30.5 Å². The average Bonchev–Trinajstić information content (AvgIpc) is 3.52. The lowest BCUT2D eigenvalue weighted by Gasteiger charge is -2.23. The van der Waals surface area contributed by atoms with E-state index in [1.165, 1.54) is 42.7 Å². The second-order valence-corrected chi connectivity index (χ2v) is 10.1. The Balaban J connectivity index is 1.68. The molecule has 4 rings (SSSR count). The van der Waals surface area contributed by atoms with Gasteiger partial charge in [0.05, 0.1) is 43.6 Å². The van der Waals surface area contributed by atoms with E-state index in [1.807, 2.05) is 6.07 Å². The summed E-state index contributed by atoms with van der Waals surface area (Å²) in [5.41, 5.74) is 1.30. The van der Waals surface area contributed by atoms with Gasteiger partial charge in [0.15, 0.2) is 0 Å². The van der Waals surface area contributed by atoms with Gasteiger partial charge in [0, 0.05) is 19.2 Å². The van der Waals surface area contributed by atoms with Crippen molar-refractivity contribution >= 4 is 15.7 Å². The topological polar surface area (TPSA) is 94.6 Å². The van der Waals surface area contributed by atoms with E-state index in [9.17, 15) is 17.6 Å². The number of benzene rings is 2. The molecule has 0 radical (unpaired) electrons. The zero-order valence-electron chi connectivity index (χ0n) is 19.7. The monoisotopic (exact) mass is 511 g/mol. The molecular weight excluding hydrogens is 485 g/mol. The summed E-state index contributed by atoms with van der Waals surface area (Å²) < 4.78 is 52.5. The number of hydrogen-bond donors (Lipinski definition) is 0. The summed E-state index contributed by atoms with van der Waals surface area (Å²) in [5.74, 6) is -0.646. The van der Waals surface area contributed by atoms with Crippen LogP contribution < -0.4 is 0 Å². The first-order chi connectivity index (χ1) is 17.4. The molecule has 10 heteroatoms. The standard InChI is InChI=1S/C26H26FN3O5S/c1-34-14-12-30-23(16-28-26(30)36(32,33)19-20-7-3-2-4-8-20)17-29(18-24-11-6-13-35-24)25(31)21-9-5-10-22(27)15-21/h2-11,13,15-16H,12,14,17-19H2,1H3. The fraction of sp³-hybridized carbons (Fsp3) is 0.231. The highest BCUT2D eigenvalue weighted by Gasteiger charge is 2.26. The summed E-state index contributed by atoms with van der Waals surface area (Å²) in [6, 6.07) is 17.7. The van der Waals surface area contributed by atoms with Crippen molar-refractivity contribution in [1.82, 2.24) is 14.5 Å². The molecule has 0 saturated heterocycles. The van der Waals surface area contributed by atoms with E-state index in [0.717, 1.165) is 6.07 Å². The maximum absolute atomic E-state index is 13.8. The second-order valence-electron chi connectivity index (χ2n) is 8.17. The van der Waals surface area contributed by atoms with Crippen molar-refractivity contribution < 1.29 is 26.8 Å². The van der Waals surface area contributed by atoms with Crippen LogP contribution >= 0.6 is 0 Å². The Morgan fingerprint density at radius 2 is 1.89 bits per heavy atom. The van der Waals surface area contributed by atoms with Crippen LogP contribution in [0, 0.1) is 5.82 Å². The third-order valence-electron chi connectivity index (χ3n) is 5.54. The Bertz CT molecular complexity index is 1400. The van der Waals surface area contributed by atoms with Gasteiger partial charge in [0.1, 0.15) is 11.6 Å². The fourth-order valence-electron chi connectivity index (χ4n) is 3.84. The van der Waals surface area contributed by atoms with Gasteiger partial charge >= 0.3 is 0 Å². The number of amides is 1. The molecule has 0 aliphatic rings. The highest BCUT2D eigenvalue weighted by Crippen LogP contribution is 2.21. The molecule has 0 fully saturated rings. The maximum Gasteiger partial charge on any atom is 0.254 e. The van der Waals surface area contributed by atoms with Gasteiger partial charge in [-0.15, -0.1) is 0 Å². The number of carbonyl (C=O) groups is 1. The molecule has 188 valence electrons. The smallest absolute Gasteiger partial charge is 0.254 e. The van der Waals surface area contributed by atoms with Gasteiger partial charge in [-0.1, -0.05) is 36.4 Å². The second kappa shape index (κ2) is 11.3. The Morgan fingerprint density at radius 3 is 2.58 bits per heavy atom. The number of hydrogen-bond acceptors (Lipinski definition) is 6. The van der Waals surface area contributed by atoms with Crippen LogP contribution in [0.5, 0.6) is 0 Å². The van der Waals surface area contributed by atoms with E-state index >= 15 is 0 Å². The van der Waals surface area contributed by atoms with Crippen LogP contribution in [-0.2, 0) is 40.0 Å². The van der Waals surface area contributed by atoms with Gasteiger partial charge < -0.3 is 18.6 Å². The van der Waals surface area contributed by atoms with Crippen molar-refractivity contribution in [1.29, 1.82) is 0 Å². The molecular formula is C26H26FN3O5S.